The van der Waals surface area contributed by atoms with Gasteiger partial charge in [0.05, 0.1) is 16.2 Å². The number of aliphatic carboxylic acids is 1. The summed E-state index contributed by atoms with van der Waals surface area (Å²) in [5.74, 6) is -1.09. The van der Waals surface area contributed by atoms with Gasteiger partial charge in [0.2, 0.25) is 5.50 Å². The van der Waals surface area contributed by atoms with Gasteiger partial charge in [-0.05, 0) is 34.7 Å². The van der Waals surface area contributed by atoms with Crippen molar-refractivity contribution in [2.75, 3.05) is 18.2 Å². The van der Waals surface area contributed by atoms with Crippen LogP contribution in [0.25, 0.3) is 0 Å². The second kappa shape index (κ2) is 12.3. The van der Waals surface area contributed by atoms with Gasteiger partial charge in [-0.1, -0.05) is 29.3 Å². The number of carbonyl (C=O) groups is 4. The number of ether oxygens (including phenoxy) is 2. The zero-order chi connectivity index (χ0) is 24.7. The summed E-state index contributed by atoms with van der Waals surface area (Å²) in [6.07, 6.45) is -1.43. The molecule has 1 saturated heterocycles. The fourth-order valence-corrected chi connectivity index (χ4v) is 5.88. The number of hydrogen-bond donors (Lipinski definition) is 2. The maximum atomic E-state index is 11.7. The summed E-state index contributed by atoms with van der Waals surface area (Å²) in [6, 6.07) is 4.48. The fourth-order valence-electron chi connectivity index (χ4n) is 2.61. The minimum atomic E-state index is -1.49. The number of β-lactam (4-membered cyclic amide) rings is 1. The van der Waals surface area contributed by atoms with E-state index in [-0.39, 0.29) is 16.7 Å². The third-order valence-electron chi connectivity index (χ3n) is 4.08. The lowest BCUT2D eigenvalue weighted by Crippen LogP contribution is -2.67. The number of rotatable bonds is 7. The van der Waals surface area contributed by atoms with E-state index in [1.807, 2.05) is 6.92 Å². The summed E-state index contributed by atoms with van der Waals surface area (Å²) < 4.78 is 9.42. The second-order valence-corrected chi connectivity index (χ2v) is 10.4. The first-order chi connectivity index (χ1) is 15.6. The van der Waals surface area contributed by atoms with Crippen molar-refractivity contribution in [3.05, 3.63) is 33.9 Å². The molecule has 33 heavy (non-hydrogen) atoms. The number of nitrogens with one attached hydrogen (secondary N) is 1. The molecule has 3 aliphatic rings. The van der Waals surface area contributed by atoms with Crippen molar-refractivity contribution in [1.29, 1.82) is 0 Å². The lowest BCUT2D eigenvalue weighted by molar-refractivity contribution is -0.385. The minimum absolute atomic E-state index is 0.0394. The van der Waals surface area contributed by atoms with Gasteiger partial charge in [0.1, 0.15) is 12.0 Å². The maximum Gasteiger partial charge on any atom is 0.411 e. The summed E-state index contributed by atoms with van der Waals surface area (Å²) in [7, 11) is 3.75. The minimum Gasteiger partial charge on any atom is -0.479 e. The van der Waals surface area contributed by atoms with E-state index in [2.05, 4.69) is 5.32 Å². The molecule has 0 saturated carbocycles. The number of carbonyl (C=O) groups excluding carboxylic acids is 3. The van der Waals surface area contributed by atoms with Gasteiger partial charge in [-0.3, -0.25) is 29.9 Å². The first-order valence-electron chi connectivity index (χ1n) is 9.03. The first-order valence-corrected chi connectivity index (χ1v) is 12.7. The SMILES string of the molecule is CCSSC(=O)SC1C(OC)C(=O)N1C(Cl)C(=O)O.O=C1Nc2ccc(c([N+](=O)[O-])c2)CO1. The number of halogens is 1. The predicted octanol–water partition coefficient (Wildman–Crippen LogP) is 3.73. The Morgan fingerprint density at radius 2 is 2.15 bits per heavy atom. The molecule has 1 fully saturated rings. The zero-order valence-corrected chi connectivity index (χ0v) is 20.3. The number of likely N-dealkylation sites (tertiary alicyclic amines) is 1. The molecule has 1 aromatic carbocycles. The highest BCUT2D eigenvalue weighted by Crippen LogP contribution is 2.40. The van der Waals surface area contributed by atoms with Gasteiger partial charge >= 0.3 is 12.1 Å². The van der Waals surface area contributed by atoms with E-state index in [4.69, 9.17) is 26.2 Å². The van der Waals surface area contributed by atoms with Crippen molar-refractivity contribution in [2.24, 2.45) is 0 Å². The molecule has 1 aromatic rings. The van der Waals surface area contributed by atoms with Crippen LogP contribution in [0.5, 0.6) is 0 Å². The molecular formula is C17H18ClN3O9S3. The van der Waals surface area contributed by atoms with Crippen LogP contribution in [-0.2, 0) is 25.7 Å². The Morgan fingerprint density at radius 1 is 1.45 bits per heavy atom. The summed E-state index contributed by atoms with van der Waals surface area (Å²) >= 11 is 6.48. The van der Waals surface area contributed by atoms with Gasteiger partial charge in [0.15, 0.2) is 6.10 Å². The number of anilines is 1. The third kappa shape index (κ3) is 6.89. The van der Waals surface area contributed by atoms with Crippen molar-refractivity contribution < 1.29 is 38.7 Å². The molecular weight excluding hydrogens is 522 g/mol. The number of carboxylic acid groups (broad SMARTS) is 1. The summed E-state index contributed by atoms with van der Waals surface area (Å²) in [5, 5.41) is 21.1. The number of thioether (sulfide) groups is 1. The fraction of sp³-hybridized carbons (Fsp3) is 0.412. The van der Waals surface area contributed by atoms with Crippen LogP contribution < -0.4 is 5.32 Å². The lowest BCUT2D eigenvalue weighted by Gasteiger charge is -2.45. The number of hydrogen-bond acceptors (Lipinski definition) is 11. The van der Waals surface area contributed by atoms with Crippen molar-refractivity contribution in [1.82, 2.24) is 4.90 Å². The Balaban J connectivity index is 0.000000243. The van der Waals surface area contributed by atoms with Crippen LogP contribution in [-0.4, -0.2) is 67.2 Å². The molecule has 0 spiro atoms. The van der Waals surface area contributed by atoms with Crippen molar-refractivity contribution in [2.45, 2.75) is 30.5 Å². The molecule has 4 rings (SSSR count). The number of alkyl halides is 1. The number of carboxylic acids is 1. The monoisotopic (exact) mass is 539 g/mol. The summed E-state index contributed by atoms with van der Waals surface area (Å²) in [4.78, 5) is 56.0. The van der Waals surface area contributed by atoms with Crippen LogP contribution in [0, 0.1) is 10.1 Å². The Kier molecular flexibility index (Phi) is 10.1. The average Bonchev–Trinajstić information content (AvgIpc) is 2.75. The Labute approximate surface area is 204 Å². The molecule has 0 aromatic heterocycles. The standard InChI is InChI=1S/C9H12ClNO5S3.C8H6N2O4/c1-3-17-19-9(15)18-7-4(16-2)6(12)11(7)5(10)8(13)14;11-8-9-6-2-1-5(4-14-8)7(3-6)10(12)13/h4-5,7H,3H2,1-2H3,(H,13,14);1-3H,4H2,(H,9,11). The molecule has 12 nitrogen and oxygen atoms in total. The van der Waals surface area contributed by atoms with Gasteiger partial charge in [0, 0.05) is 18.9 Å². The van der Waals surface area contributed by atoms with E-state index in [0.717, 1.165) is 33.2 Å². The topological polar surface area (TPSA) is 165 Å². The van der Waals surface area contributed by atoms with Crippen molar-refractivity contribution >= 4 is 78.7 Å². The zero-order valence-electron chi connectivity index (χ0n) is 17.1. The molecule has 2 amide bonds. The maximum absolute atomic E-state index is 11.7. The highest BCUT2D eigenvalue weighted by atomic mass is 35.5. The number of nitrogens with zero attached hydrogens (tertiary/aromatic N) is 2. The molecule has 180 valence electrons. The van der Waals surface area contributed by atoms with Gasteiger partial charge in [-0.15, -0.1) is 0 Å². The summed E-state index contributed by atoms with van der Waals surface area (Å²) in [6.45, 7) is 1.83. The van der Waals surface area contributed by atoms with E-state index >= 15 is 0 Å². The van der Waals surface area contributed by atoms with Crippen molar-refractivity contribution in [3.8, 4) is 0 Å². The number of nitro benzene ring substituents is 1. The van der Waals surface area contributed by atoms with E-state index in [0.29, 0.717) is 11.3 Å². The highest BCUT2D eigenvalue weighted by molar-refractivity contribution is 8.85. The highest BCUT2D eigenvalue weighted by Gasteiger charge is 2.53. The molecule has 3 aliphatic heterocycles. The third-order valence-corrected chi connectivity index (χ3v) is 8.25. The number of amides is 2. The van der Waals surface area contributed by atoms with E-state index in [1.165, 1.54) is 24.0 Å². The van der Waals surface area contributed by atoms with E-state index < -0.39 is 39.9 Å². The average molecular weight is 540 g/mol. The summed E-state index contributed by atoms with van der Waals surface area (Å²) in [5.41, 5.74) is -0.769. The predicted molar refractivity (Wildman–Crippen MR) is 124 cm³/mol. The Morgan fingerprint density at radius 3 is 2.73 bits per heavy atom. The smallest absolute Gasteiger partial charge is 0.411 e. The quantitative estimate of drug-likeness (QED) is 0.129. The normalized spacial score (nSPS) is 19.7. The number of fused-ring (bicyclic) bond motifs is 5. The van der Waals surface area contributed by atoms with E-state index in [9.17, 15) is 29.3 Å². The van der Waals surface area contributed by atoms with Gasteiger partial charge < -0.3 is 14.6 Å². The number of nitro groups is 1. The Bertz CT molecular complexity index is 952. The molecule has 3 unspecified atom stereocenters. The molecule has 16 heteroatoms. The molecule has 2 N–H and O–H groups in total. The number of benzene rings is 1. The van der Waals surface area contributed by atoms with E-state index in [1.54, 1.807) is 12.1 Å². The van der Waals surface area contributed by atoms with Crippen LogP contribution in [0.3, 0.4) is 0 Å². The van der Waals surface area contributed by atoms with Crippen LogP contribution in [0.2, 0.25) is 0 Å². The van der Waals surface area contributed by atoms with Crippen molar-refractivity contribution in [3.63, 3.8) is 0 Å². The lowest BCUT2D eigenvalue weighted by atomic mass is 10.1. The molecule has 3 heterocycles. The molecule has 0 aliphatic carbocycles. The largest absolute Gasteiger partial charge is 0.479 e. The van der Waals surface area contributed by atoms with Crippen LogP contribution in [0.1, 0.15) is 12.5 Å². The molecule has 2 bridgehead atoms. The first kappa shape index (κ1) is 27.0. The van der Waals surface area contributed by atoms with Gasteiger partial charge in [0.25, 0.3) is 16.0 Å². The van der Waals surface area contributed by atoms with Crippen LogP contribution >= 0.6 is 45.0 Å². The Hall–Kier alpha value is -2.20. The molecule has 0 radical (unpaired) electrons. The van der Waals surface area contributed by atoms with Crippen LogP contribution in [0.4, 0.5) is 21.0 Å². The molecule has 3 atom stereocenters. The van der Waals surface area contributed by atoms with Crippen LogP contribution in [0.15, 0.2) is 18.2 Å². The van der Waals surface area contributed by atoms with Gasteiger partial charge in [-0.25, -0.2) is 9.59 Å². The second-order valence-electron chi connectivity index (χ2n) is 6.13. The number of methoxy groups -OCH3 is 1. The van der Waals surface area contributed by atoms with Gasteiger partial charge in [-0.2, -0.15) is 0 Å².